The Morgan fingerprint density at radius 1 is 0.680 bits per heavy atom. The third-order valence-electron chi connectivity index (χ3n) is 8.24. The second kappa shape index (κ2) is 14.7. The maximum atomic E-state index is 17.3. The van der Waals surface area contributed by atoms with E-state index in [4.69, 9.17) is 14.2 Å². The zero-order valence-electron chi connectivity index (χ0n) is 28.3. The molecule has 0 aromatic heterocycles. The summed E-state index contributed by atoms with van der Waals surface area (Å²) in [6, 6.07) is 11.7. The number of carbonyl (C=O) groups excluding carboxylic acids is 4. The van der Waals surface area contributed by atoms with Crippen molar-refractivity contribution in [1.82, 2.24) is 0 Å². The van der Waals surface area contributed by atoms with Gasteiger partial charge in [0.05, 0.1) is 64.6 Å². The highest BCUT2D eigenvalue weighted by atomic mass is 19.1. The van der Waals surface area contributed by atoms with Crippen LogP contribution in [0.15, 0.2) is 48.5 Å². The molecule has 5 rings (SSSR count). The quantitative estimate of drug-likeness (QED) is 0.0581. The Balaban J connectivity index is 1.89. The summed E-state index contributed by atoms with van der Waals surface area (Å²) in [5.74, 6) is -6.13. The Morgan fingerprint density at radius 2 is 1.16 bits per heavy atom. The molecule has 1 aliphatic rings. The highest BCUT2D eigenvalue weighted by Gasteiger charge is 2.42. The van der Waals surface area contributed by atoms with Gasteiger partial charge in [-0.2, -0.15) is 0 Å². The van der Waals surface area contributed by atoms with E-state index < -0.39 is 68.8 Å². The molecule has 0 aliphatic heterocycles. The predicted octanol–water partition coefficient (Wildman–Crippen LogP) is 7.65. The highest BCUT2D eigenvalue weighted by Crippen LogP contribution is 2.50. The summed E-state index contributed by atoms with van der Waals surface area (Å²) in [6.07, 6.45) is 1.18. The topological polar surface area (TPSA) is 160 Å². The van der Waals surface area contributed by atoms with Crippen molar-refractivity contribution in [3.63, 3.8) is 0 Å². The van der Waals surface area contributed by atoms with Crippen molar-refractivity contribution < 1.29 is 48.0 Å². The maximum Gasteiger partial charge on any atom is 0.340 e. The summed E-state index contributed by atoms with van der Waals surface area (Å²) in [5, 5.41) is 27.5. The van der Waals surface area contributed by atoms with Crippen LogP contribution in [0.3, 0.4) is 0 Å². The minimum Gasteiger partial charge on any atom is -0.507 e. The lowest BCUT2D eigenvalue weighted by atomic mass is 9.81. The van der Waals surface area contributed by atoms with Crippen molar-refractivity contribution in [1.29, 1.82) is 0 Å². The van der Waals surface area contributed by atoms with Gasteiger partial charge in [-0.05, 0) is 69.5 Å². The normalized spacial score (nSPS) is 11.8. The first-order valence-electron chi connectivity index (χ1n) is 16.2. The van der Waals surface area contributed by atoms with Gasteiger partial charge in [0.1, 0.15) is 22.9 Å². The number of ether oxygens (including phenoxy) is 3. The van der Waals surface area contributed by atoms with Gasteiger partial charge in [0.25, 0.3) is 0 Å². The number of carbonyl (C=O) groups is 4. The zero-order chi connectivity index (χ0) is 36.3. The van der Waals surface area contributed by atoms with E-state index in [1.54, 1.807) is 52.0 Å². The number of anilines is 4. The van der Waals surface area contributed by atoms with Crippen molar-refractivity contribution >= 4 is 46.3 Å². The van der Waals surface area contributed by atoms with E-state index in [2.05, 4.69) is 10.6 Å². The van der Waals surface area contributed by atoms with Crippen LogP contribution in [0.1, 0.15) is 97.3 Å². The molecule has 0 amide bonds. The van der Waals surface area contributed by atoms with Gasteiger partial charge in [-0.1, -0.05) is 37.6 Å². The Morgan fingerprint density at radius 3 is 1.64 bits per heavy atom. The molecule has 12 heteroatoms. The molecule has 0 saturated carbocycles. The van der Waals surface area contributed by atoms with Crippen LogP contribution in [0.25, 0.3) is 0 Å². The van der Waals surface area contributed by atoms with E-state index in [0.717, 1.165) is 12.1 Å². The Labute approximate surface area is 288 Å². The molecule has 50 heavy (non-hydrogen) atoms. The molecule has 0 unspecified atom stereocenters. The van der Waals surface area contributed by atoms with Crippen molar-refractivity contribution in [2.75, 3.05) is 30.5 Å². The molecule has 4 N–H and O–H groups in total. The van der Waals surface area contributed by atoms with Crippen LogP contribution in [0.5, 0.6) is 17.2 Å². The standard InChI is InChI=1S/C38H37FN2O9/c1-6-9-18-50-36-28-27(34(44)25-23(42)16-17-24(43)26(25)35(28)45)29(39)32(40-30-19(4)12-10-14-21(30)37(46)48-7-2)33(36)41-31-20(5)13-11-15-22(31)38(47)49-8-3/h10-17,40-43H,6-9,18H2,1-5H3. The lowest BCUT2D eigenvalue weighted by Gasteiger charge is -2.28. The fourth-order valence-corrected chi connectivity index (χ4v) is 5.79. The van der Waals surface area contributed by atoms with Gasteiger partial charge in [-0.3, -0.25) is 9.59 Å². The fraction of sp³-hybridized carbons (Fsp3) is 0.263. The van der Waals surface area contributed by atoms with Gasteiger partial charge < -0.3 is 35.1 Å². The first-order chi connectivity index (χ1) is 24.0. The van der Waals surface area contributed by atoms with Crippen LogP contribution in [0, 0.1) is 19.7 Å². The molecule has 0 atom stereocenters. The monoisotopic (exact) mass is 684 g/mol. The minimum atomic E-state index is -1.22. The second-order valence-electron chi connectivity index (χ2n) is 11.5. The number of ketones is 2. The number of phenols is 2. The number of rotatable bonds is 12. The third kappa shape index (κ3) is 6.31. The molecule has 0 bridgehead atoms. The number of halogens is 1. The van der Waals surface area contributed by atoms with Crippen LogP contribution < -0.4 is 15.4 Å². The van der Waals surface area contributed by atoms with E-state index in [1.807, 2.05) is 6.92 Å². The van der Waals surface area contributed by atoms with Gasteiger partial charge in [0, 0.05) is 0 Å². The average molecular weight is 685 g/mol. The largest absolute Gasteiger partial charge is 0.507 e. The number of para-hydroxylation sites is 2. The molecule has 0 spiro atoms. The van der Waals surface area contributed by atoms with Gasteiger partial charge >= 0.3 is 11.9 Å². The van der Waals surface area contributed by atoms with Crippen molar-refractivity contribution in [2.24, 2.45) is 0 Å². The third-order valence-corrected chi connectivity index (χ3v) is 8.24. The number of benzene rings is 4. The lowest BCUT2D eigenvalue weighted by Crippen LogP contribution is -2.26. The molecule has 1 aliphatic carbocycles. The predicted molar refractivity (Wildman–Crippen MR) is 184 cm³/mol. The van der Waals surface area contributed by atoms with Crippen LogP contribution in [-0.4, -0.2) is 53.5 Å². The minimum absolute atomic E-state index is 0.0278. The first kappa shape index (κ1) is 35.4. The average Bonchev–Trinajstić information content (AvgIpc) is 3.08. The number of nitrogens with one attached hydrogen (secondary N) is 2. The number of hydrogen-bond acceptors (Lipinski definition) is 11. The molecule has 0 saturated heterocycles. The van der Waals surface area contributed by atoms with Gasteiger partial charge in [0.2, 0.25) is 11.6 Å². The summed E-state index contributed by atoms with van der Waals surface area (Å²) < 4.78 is 34.1. The number of unbranched alkanes of at least 4 members (excludes halogenated alkanes) is 1. The van der Waals surface area contributed by atoms with Gasteiger partial charge in [0.15, 0.2) is 11.6 Å². The molecule has 0 heterocycles. The summed E-state index contributed by atoms with van der Waals surface area (Å²) in [4.78, 5) is 54.5. The molecule has 0 radical (unpaired) electrons. The molecule has 0 fully saturated rings. The Bertz CT molecular complexity index is 2040. The molecule has 11 nitrogen and oxygen atoms in total. The Hall–Kier alpha value is -5.91. The number of esters is 2. The van der Waals surface area contributed by atoms with E-state index in [1.165, 1.54) is 12.1 Å². The van der Waals surface area contributed by atoms with Crippen molar-refractivity contribution in [2.45, 2.75) is 47.5 Å². The number of phenolic OH excluding ortho intramolecular Hbond substituents is 2. The van der Waals surface area contributed by atoms with E-state index in [-0.39, 0.29) is 53.8 Å². The van der Waals surface area contributed by atoms with Gasteiger partial charge in [-0.25, -0.2) is 14.0 Å². The zero-order valence-corrected chi connectivity index (χ0v) is 28.3. The summed E-state index contributed by atoms with van der Waals surface area (Å²) in [6.45, 7) is 8.76. The lowest BCUT2D eigenvalue weighted by molar-refractivity contribution is 0.0517. The van der Waals surface area contributed by atoms with Crippen LogP contribution in [-0.2, 0) is 9.47 Å². The van der Waals surface area contributed by atoms with E-state index in [0.29, 0.717) is 24.0 Å². The SMILES string of the molecule is CCCCOc1c(Nc2c(C)cccc2C(=O)OCC)c(Nc2c(C)cccc2C(=O)OCC)c(F)c2c1C(=O)c1c(O)ccc(O)c1C2=O. The molecule has 4 aromatic rings. The summed E-state index contributed by atoms with van der Waals surface area (Å²) >= 11 is 0. The fourth-order valence-electron chi connectivity index (χ4n) is 5.79. The van der Waals surface area contributed by atoms with E-state index >= 15 is 4.39 Å². The number of aromatic hydroxyl groups is 2. The van der Waals surface area contributed by atoms with Gasteiger partial charge in [-0.15, -0.1) is 0 Å². The number of fused-ring (bicyclic) bond motifs is 2. The molecular weight excluding hydrogens is 647 g/mol. The first-order valence-corrected chi connectivity index (χ1v) is 16.2. The second-order valence-corrected chi connectivity index (χ2v) is 11.5. The highest BCUT2D eigenvalue weighted by molar-refractivity contribution is 6.32. The van der Waals surface area contributed by atoms with Crippen LogP contribution in [0.2, 0.25) is 0 Å². The Kier molecular flexibility index (Phi) is 10.4. The van der Waals surface area contributed by atoms with Crippen LogP contribution in [0.4, 0.5) is 27.1 Å². The number of aryl methyl sites for hydroxylation is 2. The molecular formula is C38H37FN2O9. The van der Waals surface area contributed by atoms with Crippen molar-refractivity contribution in [3.8, 4) is 17.2 Å². The van der Waals surface area contributed by atoms with Crippen molar-refractivity contribution in [3.05, 3.63) is 98.9 Å². The maximum absolute atomic E-state index is 17.3. The summed E-state index contributed by atoms with van der Waals surface area (Å²) in [7, 11) is 0. The smallest absolute Gasteiger partial charge is 0.340 e. The molecule has 4 aromatic carbocycles. The van der Waals surface area contributed by atoms with Crippen LogP contribution >= 0.6 is 0 Å². The molecule has 260 valence electrons. The summed E-state index contributed by atoms with van der Waals surface area (Å²) in [5.41, 5.74) is -1.36. The van der Waals surface area contributed by atoms with E-state index in [9.17, 15) is 29.4 Å². The number of hydrogen-bond donors (Lipinski definition) is 4.